The fraction of sp³-hybridized carbons (Fsp3) is 0.381. The van der Waals surface area contributed by atoms with Gasteiger partial charge in [-0.3, -0.25) is 4.79 Å². The minimum atomic E-state index is -3.63. The predicted molar refractivity (Wildman–Crippen MR) is 208 cm³/mol. The van der Waals surface area contributed by atoms with Gasteiger partial charge in [0, 0.05) is 35.8 Å². The average Bonchev–Trinajstić information content (AvgIpc) is 3.90. The van der Waals surface area contributed by atoms with Crippen LogP contribution in [0.2, 0.25) is 0 Å². The molecule has 2 unspecified atom stereocenters. The van der Waals surface area contributed by atoms with Crippen LogP contribution in [0.15, 0.2) is 80.7 Å². The lowest BCUT2D eigenvalue weighted by Crippen LogP contribution is -2.29. The van der Waals surface area contributed by atoms with E-state index in [0.29, 0.717) is 48.0 Å². The third-order valence-corrected chi connectivity index (χ3v) is 12.7. The lowest BCUT2D eigenvalue weighted by molar-refractivity contribution is -0.149. The maximum atomic E-state index is 15.8. The van der Waals surface area contributed by atoms with Crippen molar-refractivity contribution < 1.29 is 40.3 Å². The van der Waals surface area contributed by atoms with Crippen molar-refractivity contribution in [1.29, 1.82) is 0 Å². The third-order valence-electron chi connectivity index (χ3n) is 10.7. The first-order valence-electron chi connectivity index (χ1n) is 18.7. The van der Waals surface area contributed by atoms with Gasteiger partial charge in [-0.25, -0.2) is 31.7 Å². The first-order valence-corrected chi connectivity index (χ1v) is 20.5. The number of benzene rings is 3. The molecule has 2 atom stereocenters. The van der Waals surface area contributed by atoms with Gasteiger partial charge in [-0.15, -0.1) is 0 Å². The summed E-state index contributed by atoms with van der Waals surface area (Å²) in [6, 6.07) is 14.8. The Morgan fingerprint density at radius 2 is 1.88 bits per heavy atom. The van der Waals surface area contributed by atoms with E-state index in [1.165, 1.54) is 28.9 Å². The van der Waals surface area contributed by atoms with Gasteiger partial charge in [0.05, 0.1) is 28.4 Å². The topological polar surface area (TPSA) is 160 Å². The van der Waals surface area contributed by atoms with Crippen molar-refractivity contribution in [3.05, 3.63) is 118 Å². The fourth-order valence-electron chi connectivity index (χ4n) is 7.69. The van der Waals surface area contributed by atoms with Gasteiger partial charge in [0.25, 0.3) is 0 Å². The molecule has 7 rings (SSSR count). The molecule has 0 fully saturated rings. The molecule has 0 aliphatic carbocycles. The second-order valence-electron chi connectivity index (χ2n) is 15.9. The predicted octanol–water partition coefficient (Wildman–Crippen LogP) is 7.98. The van der Waals surface area contributed by atoms with Crippen LogP contribution in [0.4, 0.5) is 8.78 Å². The van der Waals surface area contributed by atoms with E-state index >= 15 is 8.78 Å². The number of carbonyl (C=O) groups excluding carboxylic acids is 1. The Morgan fingerprint density at radius 1 is 1.07 bits per heavy atom. The molecule has 0 saturated carbocycles. The number of halogens is 2. The minimum Gasteiger partial charge on any atom is -0.457 e. The first kappa shape index (κ1) is 39.7. The number of fused-ring (bicyclic) bond motifs is 8. The van der Waals surface area contributed by atoms with Gasteiger partial charge < -0.3 is 23.3 Å². The van der Waals surface area contributed by atoms with Crippen molar-refractivity contribution in [2.24, 2.45) is 18.4 Å². The van der Waals surface area contributed by atoms with Crippen molar-refractivity contribution in [2.75, 3.05) is 11.5 Å². The summed E-state index contributed by atoms with van der Waals surface area (Å²) < 4.78 is 81.4. The van der Waals surface area contributed by atoms with Crippen molar-refractivity contribution in [3.63, 3.8) is 0 Å². The molecule has 4 bridgehead atoms. The minimum absolute atomic E-state index is 0.00772. The summed E-state index contributed by atoms with van der Waals surface area (Å²) in [6.45, 7) is 7.35. The Morgan fingerprint density at radius 3 is 2.65 bits per heavy atom. The van der Waals surface area contributed by atoms with Crippen molar-refractivity contribution in [3.8, 4) is 22.9 Å². The van der Waals surface area contributed by atoms with Crippen LogP contribution < -0.4 is 10.6 Å². The van der Waals surface area contributed by atoms with E-state index in [1.807, 2.05) is 45.0 Å². The Balaban J connectivity index is 1.26. The summed E-state index contributed by atoms with van der Waals surface area (Å²) in [7, 11) is -1.95. The summed E-state index contributed by atoms with van der Waals surface area (Å²) in [5, 5.41) is 5.46. The van der Waals surface area contributed by atoms with Crippen molar-refractivity contribution in [1.82, 2.24) is 19.7 Å². The molecule has 12 nitrogen and oxygen atoms in total. The van der Waals surface area contributed by atoms with Crippen LogP contribution in [-0.4, -0.2) is 45.6 Å². The highest BCUT2D eigenvalue weighted by atomic mass is 32.2. The first-order chi connectivity index (χ1) is 27.0. The second-order valence-corrected chi connectivity index (χ2v) is 18.1. The number of nitrogens with zero attached hydrogens (tertiary/aromatic N) is 3. The van der Waals surface area contributed by atoms with Crippen molar-refractivity contribution in [2.45, 2.75) is 71.8 Å². The number of aryl methyl sites for hydroxylation is 2. The number of nitrogens with one attached hydrogen (secondary N) is 1. The van der Waals surface area contributed by atoms with E-state index in [2.05, 4.69) is 9.40 Å². The standard InChI is InChI=1S/C42H44F2N4O8S/c1-25(38(49)53-22-29-23-54-40(50)56-29)18-26-8-6-9-27(19-26)42(4)15-7-14-41(2,3)24-57(51,52)17-13-31-30-12-16-45-35(30)21-34(44)36(31)55-28-10-11-33(43)32(20-28)37-46-39(42)47-48(37)5/h6,8-12,16,19-21,23,25,45H,7,13-15,17-18,22,24H2,1-5H3. The highest BCUT2D eigenvalue weighted by Crippen LogP contribution is 2.41. The number of aromatic nitrogens is 4. The number of ether oxygens (including phenoxy) is 2. The molecular weight excluding hydrogens is 759 g/mol. The Hall–Kier alpha value is -5.57. The summed E-state index contributed by atoms with van der Waals surface area (Å²) in [5.41, 5.74) is 1.22. The van der Waals surface area contributed by atoms with E-state index in [-0.39, 0.29) is 53.2 Å². The van der Waals surface area contributed by atoms with Crippen molar-refractivity contribution >= 4 is 26.7 Å². The molecule has 1 aliphatic heterocycles. The lowest BCUT2D eigenvalue weighted by atomic mass is 9.75. The van der Waals surface area contributed by atoms with E-state index in [0.717, 1.165) is 17.4 Å². The normalized spacial score (nSPS) is 18.9. The number of sulfone groups is 1. The number of aromatic amines is 1. The van der Waals surface area contributed by atoms with E-state index in [1.54, 1.807) is 26.2 Å². The number of esters is 1. The highest BCUT2D eigenvalue weighted by molar-refractivity contribution is 7.91. The molecular formula is C42H44F2N4O8S. The number of hydrogen-bond acceptors (Lipinski definition) is 10. The zero-order chi connectivity index (χ0) is 40.7. The van der Waals surface area contributed by atoms with Gasteiger partial charge in [-0.05, 0) is 73.4 Å². The average molecular weight is 803 g/mol. The third kappa shape index (κ3) is 8.58. The fourth-order valence-corrected chi connectivity index (χ4v) is 9.68. The van der Waals surface area contributed by atoms with Crippen LogP contribution in [0.5, 0.6) is 11.5 Å². The monoisotopic (exact) mass is 802 g/mol. The molecule has 57 heavy (non-hydrogen) atoms. The van der Waals surface area contributed by atoms with Crippen LogP contribution in [0.25, 0.3) is 22.3 Å². The molecule has 3 aromatic carbocycles. The number of rotatable bonds is 6. The number of H-pyrrole nitrogens is 1. The second kappa shape index (κ2) is 15.4. The van der Waals surface area contributed by atoms with Crippen LogP contribution in [0.1, 0.15) is 75.2 Å². The van der Waals surface area contributed by atoms with Crippen LogP contribution in [0.3, 0.4) is 0 Å². The van der Waals surface area contributed by atoms with Gasteiger partial charge >= 0.3 is 11.8 Å². The highest BCUT2D eigenvalue weighted by Gasteiger charge is 2.36. The Labute approximate surface area is 328 Å². The SMILES string of the molecule is CC(Cc1cccc(C2(C)CCCC(C)(C)CS(=O)(=O)CCc3c(c(F)cc4[nH]ccc34)Oc3ccc(F)c(c3)-c3nc2nn3C)c1)C(=O)OCc1coc(=O)o1. The summed E-state index contributed by atoms with van der Waals surface area (Å²) in [4.78, 5) is 32.0. The van der Waals surface area contributed by atoms with Gasteiger partial charge in [0.15, 0.2) is 45.4 Å². The van der Waals surface area contributed by atoms with Gasteiger partial charge in [-0.1, -0.05) is 51.5 Å². The summed E-state index contributed by atoms with van der Waals surface area (Å²) in [6.07, 6.45) is 4.76. The van der Waals surface area contributed by atoms with Crippen LogP contribution in [0, 0.1) is 23.0 Å². The molecule has 0 amide bonds. The quantitative estimate of drug-likeness (QED) is 0.164. The Kier molecular flexibility index (Phi) is 10.7. The summed E-state index contributed by atoms with van der Waals surface area (Å²) >= 11 is 0. The molecule has 15 heteroatoms. The number of carbonyl (C=O) groups is 1. The van der Waals surface area contributed by atoms with E-state index in [4.69, 9.17) is 24.0 Å². The van der Waals surface area contributed by atoms with Gasteiger partial charge in [0.2, 0.25) is 0 Å². The molecule has 6 aromatic rings. The summed E-state index contributed by atoms with van der Waals surface area (Å²) in [5.74, 6) is -2.76. The molecule has 1 aliphatic rings. The van der Waals surface area contributed by atoms with E-state index < -0.39 is 50.0 Å². The molecule has 300 valence electrons. The van der Waals surface area contributed by atoms with Crippen LogP contribution in [-0.2, 0) is 51.3 Å². The molecule has 0 saturated heterocycles. The zero-order valence-corrected chi connectivity index (χ0v) is 33.2. The zero-order valence-electron chi connectivity index (χ0n) is 32.4. The molecule has 0 radical (unpaired) electrons. The smallest absolute Gasteiger partial charge is 0.457 e. The number of hydrogen-bond donors (Lipinski definition) is 1. The van der Waals surface area contributed by atoms with E-state index in [9.17, 15) is 18.0 Å². The molecule has 0 spiro atoms. The Bertz CT molecular complexity index is 2620. The maximum Gasteiger partial charge on any atom is 0.518 e. The maximum absolute atomic E-state index is 15.8. The van der Waals surface area contributed by atoms with Crippen LogP contribution >= 0.6 is 0 Å². The largest absolute Gasteiger partial charge is 0.518 e. The van der Waals surface area contributed by atoms with Gasteiger partial charge in [0.1, 0.15) is 17.8 Å². The lowest BCUT2D eigenvalue weighted by Gasteiger charge is -2.31. The molecule has 1 N–H and O–H groups in total. The van der Waals surface area contributed by atoms with Gasteiger partial charge in [-0.2, -0.15) is 5.10 Å². The molecule has 4 heterocycles. The molecule has 3 aromatic heterocycles.